The fourth-order valence-electron chi connectivity index (χ4n) is 3.17. The number of phosphoric acid groups is 1. The van der Waals surface area contributed by atoms with Gasteiger partial charge in [0.25, 0.3) is 0 Å². The van der Waals surface area contributed by atoms with Crippen LogP contribution in [-0.4, -0.2) is 49.9 Å². The highest BCUT2D eigenvalue weighted by Gasteiger charge is 2.23. The van der Waals surface area contributed by atoms with Crippen molar-refractivity contribution in [1.82, 2.24) is 0 Å². The topological polar surface area (TPSA) is 74.2 Å². The molecule has 6 nitrogen and oxygen atoms in total. The van der Waals surface area contributed by atoms with Gasteiger partial charge in [-0.1, -0.05) is 94.0 Å². The number of ether oxygens (including phenoxy) is 2. The van der Waals surface area contributed by atoms with Gasteiger partial charge in [-0.25, -0.2) is 4.57 Å². The van der Waals surface area contributed by atoms with Crippen LogP contribution in [-0.2, 0) is 23.1 Å². The molecule has 0 aliphatic heterocycles. The minimum Gasteiger partial charge on any atom is -0.379 e. The highest BCUT2D eigenvalue weighted by atomic mass is 79.9. The minimum atomic E-state index is -4.02. The predicted molar refractivity (Wildman–Crippen MR) is 123 cm³/mol. The minimum absolute atomic E-state index is 0.0382. The van der Waals surface area contributed by atoms with E-state index in [1.165, 1.54) is 71.3 Å². The van der Waals surface area contributed by atoms with E-state index < -0.39 is 7.82 Å². The molecule has 176 valence electrons. The van der Waals surface area contributed by atoms with Crippen molar-refractivity contribution in [2.24, 2.45) is 5.92 Å². The van der Waals surface area contributed by atoms with E-state index in [9.17, 15) is 9.46 Å². The Morgan fingerprint density at radius 1 is 0.862 bits per heavy atom. The lowest BCUT2D eigenvalue weighted by atomic mass is 9.91. The average molecular weight is 503 g/mol. The molecule has 0 aromatic heterocycles. The summed E-state index contributed by atoms with van der Waals surface area (Å²) in [6, 6.07) is 0. The lowest BCUT2D eigenvalue weighted by molar-refractivity contribution is -0.0218. The third-order valence-electron chi connectivity index (χ3n) is 4.98. The second-order valence-electron chi connectivity index (χ2n) is 7.57. The molecule has 0 aromatic carbocycles. The number of unbranched alkanes of at least 4 members (excludes halogenated alkanes) is 5. The van der Waals surface area contributed by atoms with Gasteiger partial charge in [-0.15, -0.1) is 0 Å². The summed E-state index contributed by atoms with van der Waals surface area (Å²) in [5.41, 5.74) is 0. The standard InChI is InChI=1S/C21H44BrO6P/c1-4-6-12-20(13-7-5-2)14-10-8-9-11-16-26-18-21(25-3)19-28-29(23,24)27-17-15-22/h20-21H,4-19H2,1-3H3,(H,23,24). The van der Waals surface area contributed by atoms with E-state index >= 15 is 0 Å². The number of methoxy groups -OCH3 is 1. The summed E-state index contributed by atoms with van der Waals surface area (Å²) in [4.78, 5) is 9.51. The van der Waals surface area contributed by atoms with Crippen molar-refractivity contribution >= 4 is 23.8 Å². The molecule has 1 N–H and O–H groups in total. The van der Waals surface area contributed by atoms with Gasteiger partial charge in [0, 0.05) is 19.0 Å². The fourth-order valence-corrected chi connectivity index (χ4v) is 4.34. The molecule has 0 amide bonds. The summed E-state index contributed by atoms with van der Waals surface area (Å²) < 4.78 is 32.2. The molecule has 0 radical (unpaired) electrons. The molecule has 0 spiro atoms. The number of halogens is 1. The van der Waals surface area contributed by atoms with Crippen LogP contribution in [0.2, 0.25) is 0 Å². The molecule has 0 bridgehead atoms. The lowest BCUT2D eigenvalue weighted by Gasteiger charge is -2.18. The largest absolute Gasteiger partial charge is 0.472 e. The molecule has 2 atom stereocenters. The van der Waals surface area contributed by atoms with E-state index in [-0.39, 0.29) is 19.3 Å². The monoisotopic (exact) mass is 502 g/mol. The lowest BCUT2D eigenvalue weighted by Crippen LogP contribution is -2.24. The molecule has 0 heterocycles. The first-order valence-corrected chi connectivity index (χ1v) is 13.9. The van der Waals surface area contributed by atoms with Gasteiger partial charge in [-0.3, -0.25) is 9.05 Å². The Morgan fingerprint density at radius 2 is 1.48 bits per heavy atom. The smallest absolute Gasteiger partial charge is 0.379 e. The molecule has 29 heavy (non-hydrogen) atoms. The van der Waals surface area contributed by atoms with Gasteiger partial charge in [0.05, 0.1) is 19.8 Å². The van der Waals surface area contributed by atoms with Crippen LogP contribution in [0, 0.1) is 5.92 Å². The van der Waals surface area contributed by atoms with Crippen molar-refractivity contribution < 1.29 is 28.0 Å². The van der Waals surface area contributed by atoms with Crippen LogP contribution in [0.5, 0.6) is 0 Å². The first kappa shape index (κ1) is 29.5. The molecule has 0 saturated heterocycles. The van der Waals surface area contributed by atoms with Gasteiger partial charge >= 0.3 is 7.82 Å². The Labute approximate surface area is 187 Å². The van der Waals surface area contributed by atoms with Crippen molar-refractivity contribution in [3.63, 3.8) is 0 Å². The molecular weight excluding hydrogens is 459 g/mol. The van der Waals surface area contributed by atoms with E-state index in [1.807, 2.05) is 0 Å². The Morgan fingerprint density at radius 3 is 2.07 bits per heavy atom. The fraction of sp³-hybridized carbons (Fsp3) is 1.00. The van der Waals surface area contributed by atoms with Gasteiger partial charge in [-0.05, 0) is 12.3 Å². The van der Waals surface area contributed by atoms with Crippen LogP contribution in [0.1, 0.15) is 84.5 Å². The molecule has 0 fully saturated rings. The van der Waals surface area contributed by atoms with Crippen LogP contribution < -0.4 is 0 Å². The summed E-state index contributed by atoms with van der Waals surface area (Å²) in [5, 5.41) is 0.468. The Hall–Kier alpha value is 0.510. The maximum absolute atomic E-state index is 11.6. The van der Waals surface area contributed by atoms with E-state index in [4.69, 9.17) is 18.5 Å². The quantitative estimate of drug-likeness (QED) is 0.103. The second-order valence-corrected chi connectivity index (χ2v) is 9.82. The van der Waals surface area contributed by atoms with Gasteiger partial charge in [0.2, 0.25) is 0 Å². The van der Waals surface area contributed by atoms with Crippen molar-refractivity contribution in [2.45, 2.75) is 90.6 Å². The molecule has 0 aliphatic rings. The zero-order valence-corrected chi connectivity index (χ0v) is 21.3. The molecule has 0 aromatic rings. The van der Waals surface area contributed by atoms with E-state index in [1.54, 1.807) is 0 Å². The van der Waals surface area contributed by atoms with E-state index in [0.717, 1.165) is 12.3 Å². The number of alkyl halides is 1. The molecular formula is C21H44BrO6P. The van der Waals surface area contributed by atoms with E-state index in [2.05, 4.69) is 29.8 Å². The third kappa shape index (κ3) is 19.0. The number of phosphoric ester groups is 1. The first-order chi connectivity index (χ1) is 14.0. The third-order valence-corrected chi connectivity index (χ3v) is 6.28. The Balaban J connectivity index is 3.76. The molecule has 8 heteroatoms. The zero-order valence-electron chi connectivity index (χ0n) is 18.8. The number of hydrogen-bond acceptors (Lipinski definition) is 5. The summed E-state index contributed by atoms with van der Waals surface area (Å²) in [5.74, 6) is 0.912. The van der Waals surface area contributed by atoms with Crippen LogP contribution in [0.25, 0.3) is 0 Å². The SMILES string of the molecule is CCCCC(CCCC)CCCCCCOCC(COP(=O)(O)OCCBr)OC. The van der Waals surface area contributed by atoms with Gasteiger partial charge in [0.15, 0.2) is 0 Å². The van der Waals surface area contributed by atoms with Crippen molar-refractivity contribution in [3.8, 4) is 0 Å². The van der Waals surface area contributed by atoms with Crippen LogP contribution in [0.15, 0.2) is 0 Å². The molecule has 2 unspecified atom stereocenters. The zero-order chi connectivity index (χ0) is 21.8. The summed E-state index contributed by atoms with van der Waals surface area (Å²) in [7, 11) is -2.49. The van der Waals surface area contributed by atoms with Crippen LogP contribution in [0.3, 0.4) is 0 Å². The Bertz CT molecular complexity index is 391. The molecule has 0 rings (SSSR count). The Kier molecular flexibility index (Phi) is 20.8. The maximum atomic E-state index is 11.6. The van der Waals surface area contributed by atoms with Gasteiger partial charge in [0.1, 0.15) is 6.10 Å². The average Bonchev–Trinajstić information content (AvgIpc) is 2.71. The first-order valence-electron chi connectivity index (χ1n) is 11.3. The van der Waals surface area contributed by atoms with Crippen LogP contribution in [0.4, 0.5) is 0 Å². The molecule has 0 saturated carbocycles. The highest BCUT2D eigenvalue weighted by Crippen LogP contribution is 2.43. The normalized spacial score (nSPS) is 15.0. The van der Waals surface area contributed by atoms with Crippen molar-refractivity contribution in [2.75, 3.05) is 38.9 Å². The summed E-state index contributed by atoms with van der Waals surface area (Å²) >= 11 is 3.13. The highest BCUT2D eigenvalue weighted by molar-refractivity contribution is 9.09. The van der Waals surface area contributed by atoms with Crippen LogP contribution >= 0.6 is 23.8 Å². The molecule has 0 aliphatic carbocycles. The maximum Gasteiger partial charge on any atom is 0.472 e. The number of rotatable bonds is 22. The van der Waals surface area contributed by atoms with Crippen molar-refractivity contribution in [3.05, 3.63) is 0 Å². The summed E-state index contributed by atoms with van der Waals surface area (Å²) in [6.07, 6.45) is 13.9. The van der Waals surface area contributed by atoms with Gasteiger partial charge < -0.3 is 14.4 Å². The van der Waals surface area contributed by atoms with Gasteiger partial charge in [-0.2, -0.15) is 0 Å². The number of hydrogen-bond donors (Lipinski definition) is 1. The summed E-state index contributed by atoms with van der Waals surface area (Å²) in [6.45, 7) is 5.64. The van der Waals surface area contributed by atoms with Crippen molar-refractivity contribution in [1.29, 1.82) is 0 Å². The van der Waals surface area contributed by atoms with E-state index in [0.29, 0.717) is 18.5 Å². The second kappa shape index (κ2) is 20.4. The predicted octanol–water partition coefficient (Wildman–Crippen LogP) is 6.49.